The van der Waals surface area contributed by atoms with E-state index in [9.17, 15) is 0 Å². The van der Waals surface area contributed by atoms with Gasteiger partial charge in [0.15, 0.2) is 11.5 Å². The highest BCUT2D eigenvalue weighted by Crippen LogP contribution is 2.28. The number of rotatable bonds is 7. The molecule has 0 spiro atoms. The molecule has 0 saturated carbocycles. The van der Waals surface area contributed by atoms with E-state index in [2.05, 4.69) is 0 Å². The van der Waals surface area contributed by atoms with Crippen LogP contribution >= 0.6 is 0 Å². The molecule has 0 saturated heterocycles. The molecule has 0 bridgehead atoms. The Morgan fingerprint density at radius 3 is 2.19 bits per heavy atom. The Labute approximate surface area is 125 Å². The van der Waals surface area contributed by atoms with E-state index in [-0.39, 0.29) is 0 Å². The van der Waals surface area contributed by atoms with Gasteiger partial charge in [0.25, 0.3) is 0 Å². The van der Waals surface area contributed by atoms with Gasteiger partial charge in [-0.15, -0.1) is 0 Å². The van der Waals surface area contributed by atoms with Crippen molar-refractivity contribution in [3.63, 3.8) is 0 Å². The third kappa shape index (κ3) is 4.13. The third-order valence-electron chi connectivity index (χ3n) is 3.27. The van der Waals surface area contributed by atoms with Crippen molar-refractivity contribution in [2.24, 2.45) is 5.73 Å². The maximum Gasteiger partial charge on any atom is 0.161 e. The van der Waals surface area contributed by atoms with Gasteiger partial charge in [0.2, 0.25) is 0 Å². The molecular weight excluding hydrogens is 266 g/mol. The predicted octanol–water partition coefficient (Wildman–Crippen LogP) is 2.78. The zero-order valence-corrected chi connectivity index (χ0v) is 12.5. The Kier molecular flexibility index (Phi) is 5.46. The topological polar surface area (TPSA) is 53.7 Å². The Balaban J connectivity index is 1.95. The molecule has 0 aliphatic rings. The Bertz CT molecular complexity index is 567. The van der Waals surface area contributed by atoms with E-state index in [0.29, 0.717) is 13.2 Å². The maximum atomic E-state index is 5.82. The van der Waals surface area contributed by atoms with E-state index in [0.717, 1.165) is 29.2 Å². The van der Waals surface area contributed by atoms with Crippen molar-refractivity contribution in [3.05, 3.63) is 53.6 Å². The van der Waals surface area contributed by atoms with Crippen LogP contribution in [0.2, 0.25) is 0 Å². The van der Waals surface area contributed by atoms with Crippen molar-refractivity contribution in [2.45, 2.75) is 13.0 Å². The summed E-state index contributed by atoms with van der Waals surface area (Å²) in [6.45, 7) is 1.07. The van der Waals surface area contributed by atoms with Crippen LogP contribution in [-0.4, -0.2) is 20.8 Å². The minimum absolute atomic E-state index is 0.485. The normalized spacial score (nSPS) is 10.2. The van der Waals surface area contributed by atoms with Crippen LogP contribution in [0.15, 0.2) is 42.5 Å². The monoisotopic (exact) mass is 287 g/mol. The molecule has 2 aromatic rings. The lowest BCUT2D eigenvalue weighted by molar-refractivity contribution is 0.297. The Hall–Kier alpha value is -2.20. The lowest BCUT2D eigenvalue weighted by Gasteiger charge is -2.12. The SMILES string of the molecule is COc1ccc(CCOc2cc(CN)ccc2OC)cc1. The molecule has 0 unspecified atom stereocenters. The molecule has 112 valence electrons. The second-order valence-corrected chi connectivity index (χ2v) is 4.64. The number of benzene rings is 2. The molecular formula is C17H21NO3. The predicted molar refractivity (Wildman–Crippen MR) is 83.1 cm³/mol. The summed E-state index contributed by atoms with van der Waals surface area (Å²) >= 11 is 0. The fourth-order valence-electron chi connectivity index (χ4n) is 2.03. The number of hydrogen-bond acceptors (Lipinski definition) is 4. The zero-order valence-electron chi connectivity index (χ0n) is 12.5. The van der Waals surface area contributed by atoms with E-state index < -0.39 is 0 Å². The van der Waals surface area contributed by atoms with Crippen molar-refractivity contribution < 1.29 is 14.2 Å². The molecule has 0 fully saturated rings. The lowest BCUT2D eigenvalue weighted by Crippen LogP contribution is -2.04. The van der Waals surface area contributed by atoms with E-state index in [1.54, 1.807) is 14.2 Å². The van der Waals surface area contributed by atoms with Crippen molar-refractivity contribution in [3.8, 4) is 17.2 Å². The summed E-state index contributed by atoms with van der Waals surface area (Å²) in [6.07, 6.45) is 0.819. The summed E-state index contributed by atoms with van der Waals surface area (Å²) in [5, 5.41) is 0. The summed E-state index contributed by atoms with van der Waals surface area (Å²) in [4.78, 5) is 0. The van der Waals surface area contributed by atoms with Crippen LogP contribution in [0.1, 0.15) is 11.1 Å². The fraction of sp³-hybridized carbons (Fsp3) is 0.294. The molecule has 4 heteroatoms. The van der Waals surface area contributed by atoms with Crippen LogP contribution in [0.5, 0.6) is 17.2 Å². The van der Waals surface area contributed by atoms with Gasteiger partial charge in [-0.05, 0) is 35.4 Å². The molecule has 0 aromatic heterocycles. The highest BCUT2D eigenvalue weighted by Gasteiger charge is 2.05. The second kappa shape index (κ2) is 7.55. The van der Waals surface area contributed by atoms with Crippen LogP contribution in [0.3, 0.4) is 0 Å². The first kappa shape index (κ1) is 15.2. The Morgan fingerprint density at radius 2 is 1.57 bits per heavy atom. The van der Waals surface area contributed by atoms with Gasteiger partial charge >= 0.3 is 0 Å². The number of ether oxygens (including phenoxy) is 3. The summed E-state index contributed by atoms with van der Waals surface area (Å²) in [7, 11) is 3.29. The molecule has 0 radical (unpaired) electrons. The van der Waals surface area contributed by atoms with Gasteiger partial charge in [0.1, 0.15) is 5.75 Å². The molecule has 2 aromatic carbocycles. The van der Waals surface area contributed by atoms with Crippen molar-refractivity contribution in [2.75, 3.05) is 20.8 Å². The van der Waals surface area contributed by atoms with Gasteiger partial charge in [-0.3, -0.25) is 0 Å². The highest BCUT2D eigenvalue weighted by molar-refractivity contribution is 5.43. The Morgan fingerprint density at radius 1 is 0.857 bits per heavy atom. The van der Waals surface area contributed by atoms with Crippen LogP contribution in [0.4, 0.5) is 0 Å². The molecule has 0 aliphatic carbocycles. The summed E-state index contributed by atoms with van der Waals surface area (Å²) in [6, 6.07) is 13.7. The van der Waals surface area contributed by atoms with E-state index >= 15 is 0 Å². The molecule has 0 amide bonds. The van der Waals surface area contributed by atoms with Crippen molar-refractivity contribution >= 4 is 0 Å². The quantitative estimate of drug-likeness (QED) is 0.851. The van der Waals surface area contributed by atoms with Crippen LogP contribution in [0, 0.1) is 0 Å². The summed E-state index contributed by atoms with van der Waals surface area (Å²) in [5.74, 6) is 2.31. The van der Waals surface area contributed by atoms with Crippen LogP contribution in [0.25, 0.3) is 0 Å². The molecule has 0 aliphatic heterocycles. The van der Waals surface area contributed by atoms with Gasteiger partial charge in [-0.1, -0.05) is 18.2 Å². The average Bonchev–Trinajstić information content (AvgIpc) is 2.55. The van der Waals surface area contributed by atoms with Crippen molar-refractivity contribution in [1.29, 1.82) is 0 Å². The van der Waals surface area contributed by atoms with Crippen molar-refractivity contribution in [1.82, 2.24) is 0 Å². The van der Waals surface area contributed by atoms with Gasteiger partial charge in [0.05, 0.1) is 20.8 Å². The summed E-state index contributed by atoms with van der Waals surface area (Å²) < 4.78 is 16.3. The smallest absolute Gasteiger partial charge is 0.161 e. The standard InChI is InChI=1S/C17H21NO3/c1-19-15-6-3-13(4-7-15)9-10-21-17-11-14(12-18)5-8-16(17)20-2/h3-8,11H,9-10,12,18H2,1-2H3. The molecule has 0 atom stereocenters. The molecule has 2 rings (SSSR count). The third-order valence-corrected chi connectivity index (χ3v) is 3.27. The molecule has 4 nitrogen and oxygen atoms in total. The largest absolute Gasteiger partial charge is 0.497 e. The van der Waals surface area contributed by atoms with Gasteiger partial charge in [-0.2, -0.15) is 0 Å². The minimum Gasteiger partial charge on any atom is -0.497 e. The highest BCUT2D eigenvalue weighted by atomic mass is 16.5. The molecule has 2 N–H and O–H groups in total. The summed E-state index contributed by atoms with van der Waals surface area (Å²) in [5.41, 5.74) is 7.87. The zero-order chi connectivity index (χ0) is 15.1. The van der Waals surface area contributed by atoms with E-state index in [1.807, 2.05) is 42.5 Å². The minimum atomic E-state index is 0.485. The molecule has 21 heavy (non-hydrogen) atoms. The van der Waals surface area contributed by atoms with Gasteiger partial charge in [0, 0.05) is 13.0 Å². The van der Waals surface area contributed by atoms with Crippen LogP contribution < -0.4 is 19.9 Å². The van der Waals surface area contributed by atoms with Gasteiger partial charge < -0.3 is 19.9 Å². The number of methoxy groups -OCH3 is 2. The van der Waals surface area contributed by atoms with Crippen LogP contribution in [-0.2, 0) is 13.0 Å². The lowest BCUT2D eigenvalue weighted by atomic mass is 10.1. The maximum absolute atomic E-state index is 5.82. The average molecular weight is 287 g/mol. The first-order valence-corrected chi connectivity index (χ1v) is 6.89. The number of nitrogens with two attached hydrogens (primary N) is 1. The molecule has 0 heterocycles. The first-order valence-electron chi connectivity index (χ1n) is 6.89. The van der Waals surface area contributed by atoms with E-state index in [4.69, 9.17) is 19.9 Å². The van der Waals surface area contributed by atoms with Gasteiger partial charge in [-0.25, -0.2) is 0 Å². The first-order chi connectivity index (χ1) is 10.3. The van der Waals surface area contributed by atoms with E-state index in [1.165, 1.54) is 5.56 Å². The second-order valence-electron chi connectivity index (χ2n) is 4.64. The number of hydrogen-bond donors (Lipinski definition) is 1. The fourth-order valence-corrected chi connectivity index (χ4v) is 2.03.